The fraction of sp³-hybridized carbons (Fsp3) is 0.722. The van der Waals surface area contributed by atoms with Gasteiger partial charge in [0, 0.05) is 13.5 Å². The van der Waals surface area contributed by atoms with Gasteiger partial charge in [-0.05, 0) is 47.5 Å². The first-order valence-electron chi connectivity index (χ1n) is 9.03. The van der Waals surface area contributed by atoms with Crippen molar-refractivity contribution in [2.45, 2.75) is 71.6 Å². The zero-order valence-electron chi connectivity index (χ0n) is 16.8. The number of Topliss-reactive ketones (excluding diaryl/α,β-unsaturated/α-hetero) is 1. The van der Waals surface area contributed by atoms with E-state index in [2.05, 4.69) is 15.5 Å². The third-order valence-electron chi connectivity index (χ3n) is 4.21. The van der Waals surface area contributed by atoms with Crippen molar-refractivity contribution in [1.82, 2.24) is 20.4 Å². The summed E-state index contributed by atoms with van der Waals surface area (Å²) in [5.41, 5.74) is -1.65. The molecule has 1 aliphatic rings. The molecule has 0 aromatic carbocycles. The van der Waals surface area contributed by atoms with Crippen molar-refractivity contribution in [3.63, 3.8) is 0 Å². The number of nitrogens with one attached hydrogen (secondary N) is 1. The molecule has 0 bridgehead atoms. The molecule has 1 unspecified atom stereocenters. The van der Waals surface area contributed by atoms with Crippen LogP contribution in [0.4, 0.5) is 0 Å². The Labute approximate surface area is 158 Å². The summed E-state index contributed by atoms with van der Waals surface area (Å²) in [5.74, 6) is -0.750. The molecule has 0 aliphatic carbocycles. The molecule has 1 fully saturated rings. The number of rotatable bonds is 6. The number of hydrogen-bond acceptors (Lipinski definition) is 8. The maximum Gasteiger partial charge on any atom is 0.326 e. The van der Waals surface area contributed by atoms with Gasteiger partial charge in [0.15, 0.2) is 0 Å². The molecule has 1 N–H and O–H groups in total. The van der Waals surface area contributed by atoms with Crippen molar-refractivity contribution in [2.24, 2.45) is 0 Å². The molecule has 27 heavy (non-hydrogen) atoms. The van der Waals surface area contributed by atoms with Gasteiger partial charge in [-0.1, -0.05) is 5.16 Å². The molecule has 1 aliphatic heterocycles. The third-order valence-corrected chi connectivity index (χ3v) is 4.21. The highest BCUT2D eigenvalue weighted by molar-refractivity contribution is 5.99. The van der Waals surface area contributed by atoms with Gasteiger partial charge in [0.25, 0.3) is 0 Å². The fourth-order valence-corrected chi connectivity index (χ4v) is 2.76. The summed E-state index contributed by atoms with van der Waals surface area (Å²) in [6.45, 7) is 10.7. The van der Waals surface area contributed by atoms with E-state index in [1.165, 1.54) is 4.90 Å². The Morgan fingerprint density at radius 1 is 1.26 bits per heavy atom. The topological polar surface area (TPSA) is 115 Å². The van der Waals surface area contributed by atoms with E-state index in [1.54, 1.807) is 41.5 Å². The van der Waals surface area contributed by atoms with Crippen LogP contribution in [-0.4, -0.2) is 63.0 Å². The predicted octanol–water partition coefficient (Wildman–Crippen LogP) is 1.26. The highest BCUT2D eigenvalue weighted by atomic mass is 16.6. The first-order valence-corrected chi connectivity index (χ1v) is 9.03. The van der Waals surface area contributed by atoms with Crippen LogP contribution in [0.2, 0.25) is 0 Å². The molecule has 2 heterocycles. The zero-order chi connectivity index (χ0) is 20.4. The first kappa shape index (κ1) is 21.0. The quantitative estimate of drug-likeness (QED) is 0.579. The Bertz CT molecular complexity index is 720. The number of carbonyl (C=O) groups excluding carboxylic acids is 3. The van der Waals surface area contributed by atoms with Crippen LogP contribution in [-0.2, 0) is 14.3 Å². The number of nitrogens with zero attached hydrogens (tertiary/aromatic N) is 3. The van der Waals surface area contributed by atoms with Gasteiger partial charge in [-0.3, -0.25) is 19.7 Å². The molecule has 1 atom stereocenters. The van der Waals surface area contributed by atoms with Crippen LogP contribution in [0.15, 0.2) is 4.52 Å². The molecule has 1 aromatic heterocycles. The van der Waals surface area contributed by atoms with Crippen molar-refractivity contribution in [1.29, 1.82) is 0 Å². The monoisotopic (exact) mass is 380 g/mol. The van der Waals surface area contributed by atoms with Crippen LogP contribution in [0, 0.1) is 6.92 Å². The minimum Gasteiger partial charge on any atom is -0.459 e. The Kier molecular flexibility index (Phi) is 6.04. The Morgan fingerprint density at radius 3 is 2.48 bits per heavy atom. The van der Waals surface area contributed by atoms with Gasteiger partial charge in [-0.15, -0.1) is 0 Å². The zero-order valence-corrected chi connectivity index (χ0v) is 16.8. The van der Waals surface area contributed by atoms with Crippen molar-refractivity contribution >= 4 is 17.7 Å². The summed E-state index contributed by atoms with van der Waals surface area (Å²) in [6.07, 6.45) is 1.27. The predicted molar refractivity (Wildman–Crippen MR) is 96.0 cm³/mol. The average Bonchev–Trinajstić information content (AvgIpc) is 3.19. The minimum atomic E-state index is -1.03. The fourth-order valence-electron chi connectivity index (χ4n) is 2.76. The highest BCUT2D eigenvalue weighted by Crippen LogP contribution is 2.21. The lowest BCUT2D eigenvalue weighted by Crippen LogP contribution is -2.54. The van der Waals surface area contributed by atoms with Crippen LogP contribution < -0.4 is 5.32 Å². The van der Waals surface area contributed by atoms with E-state index in [0.717, 1.165) is 0 Å². The Morgan fingerprint density at radius 2 is 1.93 bits per heavy atom. The van der Waals surface area contributed by atoms with Crippen LogP contribution in [0.25, 0.3) is 0 Å². The highest BCUT2D eigenvalue weighted by Gasteiger charge is 2.38. The first-order chi connectivity index (χ1) is 12.4. The summed E-state index contributed by atoms with van der Waals surface area (Å²) in [5, 5.41) is 6.58. The molecule has 0 saturated carbocycles. The SMILES string of the molecule is Cc1nc(C(=O)C2CCCN2C(=O)CNC(C)(C)C(=O)OC(C)(C)C)no1. The molecular weight excluding hydrogens is 352 g/mol. The largest absolute Gasteiger partial charge is 0.459 e. The molecule has 9 heteroatoms. The summed E-state index contributed by atoms with van der Waals surface area (Å²) < 4.78 is 10.2. The number of ketones is 1. The summed E-state index contributed by atoms with van der Waals surface area (Å²) in [4.78, 5) is 43.0. The number of esters is 1. The normalized spacial score (nSPS) is 17.9. The molecule has 1 aromatic rings. The lowest BCUT2D eigenvalue weighted by atomic mass is 10.0. The molecule has 0 spiro atoms. The van der Waals surface area contributed by atoms with E-state index in [0.29, 0.717) is 25.3 Å². The number of hydrogen-bond donors (Lipinski definition) is 1. The lowest BCUT2D eigenvalue weighted by Gasteiger charge is -2.30. The van der Waals surface area contributed by atoms with Crippen molar-refractivity contribution < 1.29 is 23.6 Å². The number of amides is 1. The minimum absolute atomic E-state index is 0.0146. The van der Waals surface area contributed by atoms with E-state index in [-0.39, 0.29) is 24.1 Å². The second-order valence-corrected chi connectivity index (χ2v) is 8.23. The van der Waals surface area contributed by atoms with E-state index < -0.39 is 23.2 Å². The van der Waals surface area contributed by atoms with Crippen molar-refractivity contribution in [3.8, 4) is 0 Å². The molecule has 2 rings (SSSR count). The van der Waals surface area contributed by atoms with Crippen LogP contribution in [0.5, 0.6) is 0 Å². The Balaban J connectivity index is 1.98. The maximum absolute atomic E-state index is 12.6. The number of aryl methyl sites for hydroxylation is 1. The van der Waals surface area contributed by atoms with Crippen LogP contribution in [0.1, 0.15) is 64.0 Å². The van der Waals surface area contributed by atoms with Crippen LogP contribution in [0.3, 0.4) is 0 Å². The molecule has 1 saturated heterocycles. The maximum atomic E-state index is 12.6. The van der Waals surface area contributed by atoms with Gasteiger partial charge in [0.05, 0.1) is 12.6 Å². The van der Waals surface area contributed by atoms with Gasteiger partial charge in [0.1, 0.15) is 11.1 Å². The summed E-state index contributed by atoms with van der Waals surface area (Å²) in [6, 6.07) is -0.610. The van der Waals surface area contributed by atoms with E-state index in [1.807, 2.05) is 0 Å². The average molecular weight is 380 g/mol. The summed E-state index contributed by atoms with van der Waals surface area (Å²) in [7, 11) is 0. The smallest absolute Gasteiger partial charge is 0.326 e. The number of aromatic nitrogens is 2. The van der Waals surface area contributed by atoms with Gasteiger partial charge in [-0.2, -0.15) is 4.98 Å². The molecule has 1 amide bonds. The third kappa shape index (κ3) is 5.35. The molecule has 9 nitrogen and oxygen atoms in total. The van der Waals surface area contributed by atoms with Gasteiger partial charge in [-0.25, -0.2) is 0 Å². The number of carbonyl (C=O) groups is 3. The number of ether oxygens (including phenoxy) is 1. The second kappa shape index (κ2) is 7.75. The van der Waals surface area contributed by atoms with E-state index in [4.69, 9.17) is 9.26 Å². The van der Waals surface area contributed by atoms with Crippen molar-refractivity contribution in [3.05, 3.63) is 11.7 Å². The Hall–Kier alpha value is -2.29. The van der Waals surface area contributed by atoms with E-state index in [9.17, 15) is 14.4 Å². The molecule has 0 radical (unpaired) electrons. The van der Waals surface area contributed by atoms with Crippen molar-refractivity contribution in [2.75, 3.05) is 13.1 Å². The number of likely N-dealkylation sites (tertiary alicyclic amines) is 1. The van der Waals surface area contributed by atoms with E-state index >= 15 is 0 Å². The van der Waals surface area contributed by atoms with Gasteiger partial charge in [0.2, 0.25) is 23.4 Å². The van der Waals surface area contributed by atoms with Gasteiger partial charge < -0.3 is 14.2 Å². The second-order valence-electron chi connectivity index (χ2n) is 8.23. The lowest BCUT2D eigenvalue weighted by molar-refractivity contribution is -0.161. The molecule has 150 valence electrons. The standard InChI is InChI=1S/C18H28N4O5/c1-11-20-15(21-27-11)14(24)12-8-7-9-22(12)13(23)10-19-18(5,6)16(25)26-17(2,3)4/h12,19H,7-10H2,1-6H3. The van der Waals surface area contributed by atoms with Crippen LogP contribution >= 0.6 is 0 Å². The van der Waals surface area contributed by atoms with Gasteiger partial charge >= 0.3 is 5.97 Å². The molecular formula is C18H28N4O5. The summed E-state index contributed by atoms with van der Waals surface area (Å²) >= 11 is 0.